The van der Waals surface area contributed by atoms with E-state index in [1.165, 1.54) is 5.56 Å². The van der Waals surface area contributed by atoms with E-state index in [-0.39, 0.29) is 11.9 Å². The fraction of sp³-hybridized carbons (Fsp3) is 0.350. The zero-order chi connectivity index (χ0) is 16.2. The summed E-state index contributed by atoms with van der Waals surface area (Å²) < 4.78 is 0. The van der Waals surface area contributed by atoms with Crippen molar-refractivity contribution >= 4 is 11.6 Å². The van der Waals surface area contributed by atoms with Gasteiger partial charge in [0.2, 0.25) is 5.91 Å². The van der Waals surface area contributed by atoms with Crippen LogP contribution in [0.25, 0.3) is 0 Å². The van der Waals surface area contributed by atoms with Gasteiger partial charge in [-0.15, -0.1) is 0 Å². The molecule has 3 rings (SSSR count). The van der Waals surface area contributed by atoms with Gasteiger partial charge in [0.15, 0.2) is 0 Å². The second-order valence-electron chi connectivity index (χ2n) is 6.30. The molecular formula is C20H24N2O. The molecule has 1 fully saturated rings. The van der Waals surface area contributed by atoms with Gasteiger partial charge < -0.3 is 4.90 Å². The average Bonchev–Trinajstić information content (AvgIpc) is 3.11. The molecule has 0 spiro atoms. The van der Waals surface area contributed by atoms with Gasteiger partial charge in [0.25, 0.3) is 0 Å². The lowest BCUT2D eigenvalue weighted by Gasteiger charge is -2.28. The van der Waals surface area contributed by atoms with Crippen molar-refractivity contribution in [2.45, 2.75) is 25.3 Å². The van der Waals surface area contributed by atoms with Crippen LogP contribution in [0.15, 0.2) is 60.7 Å². The summed E-state index contributed by atoms with van der Waals surface area (Å²) in [5, 5.41) is 0. The van der Waals surface area contributed by atoms with E-state index in [4.69, 9.17) is 0 Å². The minimum Gasteiger partial charge on any atom is -0.314 e. The Kier molecular flexibility index (Phi) is 4.77. The molecule has 1 aliphatic rings. The summed E-state index contributed by atoms with van der Waals surface area (Å²) in [6.45, 7) is 3.96. The number of anilines is 1. The molecule has 1 amide bonds. The third-order valence-electron chi connectivity index (χ3n) is 4.87. The summed E-state index contributed by atoms with van der Waals surface area (Å²) in [6.07, 6.45) is 1.12. The highest BCUT2D eigenvalue weighted by Gasteiger charge is 2.31. The summed E-state index contributed by atoms with van der Waals surface area (Å²) in [5.41, 5.74) is 2.33. The van der Waals surface area contributed by atoms with Crippen LogP contribution in [0.4, 0.5) is 5.69 Å². The molecule has 0 aliphatic carbocycles. The van der Waals surface area contributed by atoms with Crippen molar-refractivity contribution in [2.75, 3.05) is 25.0 Å². The van der Waals surface area contributed by atoms with Gasteiger partial charge in [0.1, 0.15) is 0 Å². The van der Waals surface area contributed by atoms with Crippen molar-refractivity contribution in [2.24, 2.45) is 0 Å². The summed E-state index contributed by atoms with van der Waals surface area (Å²) in [4.78, 5) is 16.8. The van der Waals surface area contributed by atoms with Gasteiger partial charge in [-0.2, -0.15) is 0 Å². The number of benzene rings is 2. The summed E-state index contributed by atoms with van der Waals surface area (Å²) in [7, 11) is 1.86. The van der Waals surface area contributed by atoms with Crippen molar-refractivity contribution in [3.63, 3.8) is 0 Å². The first-order chi connectivity index (χ1) is 11.2. The molecule has 0 saturated carbocycles. The first-order valence-electron chi connectivity index (χ1n) is 8.28. The molecule has 3 nitrogen and oxygen atoms in total. The number of nitrogens with zero attached hydrogens (tertiary/aromatic N) is 2. The molecule has 2 aromatic carbocycles. The number of rotatable bonds is 4. The fourth-order valence-electron chi connectivity index (χ4n) is 3.35. The van der Waals surface area contributed by atoms with Crippen molar-refractivity contribution in [3.8, 4) is 0 Å². The number of carbonyl (C=O) groups is 1. The predicted molar refractivity (Wildman–Crippen MR) is 94.7 cm³/mol. The van der Waals surface area contributed by atoms with Crippen molar-refractivity contribution in [3.05, 3.63) is 66.2 Å². The number of carbonyl (C=O) groups excluding carboxylic acids is 1. The second-order valence-corrected chi connectivity index (χ2v) is 6.30. The maximum Gasteiger partial charge on any atom is 0.243 e. The molecule has 2 atom stereocenters. The van der Waals surface area contributed by atoms with E-state index in [1.54, 1.807) is 4.90 Å². The number of likely N-dealkylation sites (tertiary alicyclic amines) is 1. The van der Waals surface area contributed by atoms with Crippen LogP contribution < -0.4 is 4.90 Å². The number of hydrogen-bond acceptors (Lipinski definition) is 2. The normalized spacial score (nSPS) is 19.5. The molecule has 2 aromatic rings. The van der Waals surface area contributed by atoms with E-state index in [1.807, 2.05) is 44.3 Å². The van der Waals surface area contributed by atoms with E-state index in [0.717, 1.165) is 25.2 Å². The predicted octanol–water partition coefficient (Wildman–Crippen LogP) is 3.53. The molecule has 120 valence electrons. The van der Waals surface area contributed by atoms with Crippen LogP contribution >= 0.6 is 0 Å². The molecule has 23 heavy (non-hydrogen) atoms. The van der Waals surface area contributed by atoms with Gasteiger partial charge in [-0.1, -0.05) is 48.5 Å². The molecule has 0 radical (unpaired) electrons. The first-order valence-corrected chi connectivity index (χ1v) is 8.28. The van der Waals surface area contributed by atoms with Gasteiger partial charge in [0.05, 0.1) is 6.04 Å². The van der Waals surface area contributed by atoms with Gasteiger partial charge in [-0.25, -0.2) is 0 Å². The van der Waals surface area contributed by atoms with E-state index in [0.29, 0.717) is 5.92 Å². The fourth-order valence-corrected chi connectivity index (χ4v) is 3.35. The quantitative estimate of drug-likeness (QED) is 0.862. The van der Waals surface area contributed by atoms with Gasteiger partial charge in [-0.3, -0.25) is 9.69 Å². The molecule has 1 aliphatic heterocycles. The summed E-state index contributed by atoms with van der Waals surface area (Å²) in [6, 6.07) is 20.4. The monoisotopic (exact) mass is 308 g/mol. The van der Waals surface area contributed by atoms with Crippen LogP contribution in [0.5, 0.6) is 0 Å². The van der Waals surface area contributed by atoms with Crippen LogP contribution in [0, 0.1) is 0 Å². The largest absolute Gasteiger partial charge is 0.314 e. The molecule has 3 heteroatoms. The Bertz CT molecular complexity index is 641. The maximum atomic E-state index is 12.8. The number of amides is 1. The van der Waals surface area contributed by atoms with Crippen LogP contribution in [0.2, 0.25) is 0 Å². The molecule has 0 N–H and O–H groups in total. The molecule has 0 unspecified atom stereocenters. The van der Waals surface area contributed by atoms with E-state index >= 15 is 0 Å². The standard InChI is InChI=1S/C20H24N2O/c1-16(20(23)21(2)19-11-7-4-8-12-19)22-14-13-18(15-22)17-9-5-3-6-10-17/h3-12,16,18H,13-15H2,1-2H3/t16-,18-/m0/s1. The van der Waals surface area contributed by atoms with Crippen LogP contribution in [0.1, 0.15) is 24.8 Å². The van der Waals surface area contributed by atoms with Crippen LogP contribution in [-0.4, -0.2) is 37.0 Å². The molecule has 0 aromatic heterocycles. The lowest BCUT2D eigenvalue weighted by atomic mass is 9.99. The Morgan fingerprint density at radius 3 is 2.35 bits per heavy atom. The van der Waals surface area contributed by atoms with Gasteiger partial charge in [0, 0.05) is 19.3 Å². The minimum absolute atomic E-state index is 0.0890. The zero-order valence-corrected chi connectivity index (χ0v) is 13.9. The highest BCUT2D eigenvalue weighted by Crippen LogP contribution is 2.28. The lowest BCUT2D eigenvalue weighted by Crippen LogP contribution is -2.45. The minimum atomic E-state index is -0.0890. The van der Waals surface area contributed by atoms with E-state index in [9.17, 15) is 4.79 Å². The molecule has 0 bridgehead atoms. The highest BCUT2D eigenvalue weighted by molar-refractivity contribution is 5.96. The Balaban J connectivity index is 1.65. The number of para-hydroxylation sites is 1. The summed E-state index contributed by atoms with van der Waals surface area (Å²) in [5.74, 6) is 0.693. The average molecular weight is 308 g/mol. The second kappa shape index (κ2) is 6.97. The SMILES string of the molecule is C[C@@H](C(=O)N(C)c1ccccc1)N1CC[C@H](c2ccccc2)C1. The number of hydrogen-bond donors (Lipinski definition) is 0. The molecule has 1 saturated heterocycles. The first kappa shape index (κ1) is 15.8. The van der Waals surface area contributed by atoms with Crippen molar-refractivity contribution < 1.29 is 4.79 Å². The third-order valence-corrected chi connectivity index (χ3v) is 4.87. The molecule has 1 heterocycles. The highest BCUT2D eigenvalue weighted by atomic mass is 16.2. The van der Waals surface area contributed by atoms with Gasteiger partial charge >= 0.3 is 0 Å². The zero-order valence-electron chi connectivity index (χ0n) is 13.9. The number of likely N-dealkylation sites (N-methyl/N-ethyl adjacent to an activating group) is 1. The maximum absolute atomic E-state index is 12.8. The molecular weight excluding hydrogens is 284 g/mol. The Hall–Kier alpha value is -2.13. The Morgan fingerprint density at radius 2 is 1.70 bits per heavy atom. The van der Waals surface area contributed by atoms with E-state index in [2.05, 4.69) is 35.2 Å². The van der Waals surface area contributed by atoms with Gasteiger partial charge in [-0.05, 0) is 43.5 Å². The van der Waals surface area contributed by atoms with Crippen molar-refractivity contribution in [1.29, 1.82) is 0 Å². The lowest BCUT2D eigenvalue weighted by molar-refractivity contribution is -0.122. The topological polar surface area (TPSA) is 23.6 Å². The van der Waals surface area contributed by atoms with Crippen LogP contribution in [-0.2, 0) is 4.79 Å². The van der Waals surface area contributed by atoms with Crippen molar-refractivity contribution in [1.82, 2.24) is 4.90 Å². The smallest absolute Gasteiger partial charge is 0.243 e. The Morgan fingerprint density at radius 1 is 1.09 bits per heavy atom. The summed E-state index contributed by atoms with van der Waals surface area (Å²) >= 11 is 0. The third kappa shape index (κ3) is 3.45. The van der Waals surface area contributed by atoms with Crippen LogP contribution in [0.3, 0.4) is 0 Å². The Labute approximate surface area is 138 Å². The van der Waals surface area contributed by atoms with E-state index < -0.39 is 0 Å².